The third kappa shape index (κ3) is 4.75. The van der Waals surface area contributed by atoms with Gasteiger partial charge in [0.1, 0.15) is 25.5 Å². The van der Waals surface area contributed by atoms with E-state index < -0.39 is 23.7 Å². The van der Waals surface area contributed by atoms with Crippen LogP contribution in [0.25, 0.3) is 11.2 Å². The van der Waals surface area contributed by atoms with Crippen LogP contribution in [-0.4, -0.2) is 56.0 Å². The fraction of sp³-hybridized carbons (Fsp3) is 0.571. The summed E-state index contributed by atoms with van der Waals surface area (Å²) < 4.78 is 11.7. The van der Waals surface area contributed by atoms with E-state index in [1.807, 2.05) is 0 Å². The molecule has 0 aliphatic carbocycles. The number of imidazole rings is 1. The molecule has 0 aromatic carbocycles. The zero-order valence-corrected chi connectivity index (χ0v) is 14.0. The summed E-state index contributed by atoms with van der Waals surface area (Å²) in [6.07, 6.45) is 0.361. The van der Waals surface area contributed by atoms with Crippen molar-refractivity contribution in [3.8, 4) is 0 Å². The standard InChI is InChI=1S/C14H22N6O5/c1-7(2)9(15)13(23)25-4-8(21)3-24-6-20-5-17-10-11(20)18-14(16)19-12(10)22/h5,7-9,21H,3-4,6,15H2,1-2H3,(H3,16,18,19,22)/t8-,9?/m0/s1. The number of aromatic amines is 1. The van der Waals surface area contributed by atoms with Gasteiger partial charge >= 0.3 is 5.97 Å². The van der Waals surface area contributed by atoms with Crippen molar-refractivity contribution >= 4 is 23.1 Å². The Morgan fingerprint density at radius 1 is 1.44 bits per heavy atom. The first-order valence-electron chi connectivity index (χ1n) is 7.68. The first-order valence-corrected chi connectivity index (χ1v) is 7.68. The van der Waals surface area contributed by atoms with E-state index in [0.717, 1.165) is 0 Å². The molecule has 0 radical (unpaired) electrons. The topological polar surface area (TPSA) is 171 Å². The normalized spacial score (nSPS) is 14.0. The lowest BCUT2D eigenvalue weighted by molar-refractivity contribution is -0.150. The first-order chi connectivity index (χ1) is 11.8. The lowest BCUT2D eigenvalue weighted by atomic mass is 10.1. The number of aliphatic hydroxyl groups excluding tert-OH is 1. The molecule has 0 saturated heterocycles. The second kappa shape index (κ2) is 8.05. The number of nitrogens with two attached hydrogens (primary N) is 2. The molecule has 0 amide bonds. The van der Waals surface area contributed by atoms with Crippen LogP contribution in [0.1, 0.15) is 13.8 Å². The number of aromatic nitrogens is 4. The Morgan fingerprint density at radius 3 is 2.84 bits per heavy atom. The molecule has 11 heteroatoms. The van der Waals surface area contributed by atoms with Gasteiger partial charge in [0.05, 0.1) is 12.9 Å². The van der Waals surface area contributed by atoms with E-state index >= 15 is 0 Å². The first kappa shape index (κ1) is 18.8. The Labute approximate surface area is 142 Å². The maximum atomic E-state index is 11.7. The number of hydrogen-bond donors (Lipinski definition) is 4. The number of nitrogens with one attached hydrogen (secondary N) is 1. The molecule has 2 rings (SSSR count). The number of nitrogens with zero attached hydrogens (tertiary/aromatic N) is 3. The number of aliphatic hydroxyl groups is 1. The Hall–Kier alpha value is -2.50. The van der Waals surface area contributed by atoms with Crippen LogP contribution in [-0.2, 0) is 21.0 Å². The van der Waals surface area contributed by atoms with Crippen LogP contribution in [0.5, 0.6) is 0 Å². The van der Waals surface area contributed by atoms with Crippen molar-refractivity contribution < 1.29 is 19.4 Å². The number of carbonyl (C=O) groups is 1. The fourth-order valence-corrected chi connectivity index (χ4v) is 1.95. The summed E-state index contributed by atoms with van der Waals surface area (Å²) in [5, 5.41) is 9.79. The van der Waals surface area contributed by atoms with Gasteiger partial charge in [-0.1, -0.05) is 13.8 Å². The van der Waals surface area contributed by atoms with Gasteiger partial charge in [-0.15, -0.1) is 0 Å². The number of nitrogen functional groups attached to an aromatic ring is 1. The average molecular weight is 354 g/mol. The molecule has 138 valence electrons. The van der Waals surface area contributed by atoms with Crippen LogP contribution >= 0.6 is 0 Å². The number of carbonyl (C=O) groups excluding carboxylic acids is 1. The molecule has 2 aromatic rings. The van der Waals surface area contributed by atoms with Gasteiger partial charge in [-0.3, -0.25) is 19.1 Å². The van der Waals surface area contributed by atoms with E-state index in [1.54, 1.807) is 13.8 Å². The maximum absolute atomic E-state index is 11.7. The summed E-state index contributed by atoms with van der Waals surface area (Å²) in [6.45, 7) is 3.26. The summed E-state index contributed by atoms with van der Waals surface area (Å²) in [5.74, 6) is -0.667. The van der Waals surface area contributed by atoms with Crippen molar-refractivity contribution in [2.75, 3.05) is 18.9 Å². The molecular formula is C14H22N6O5. The van der Waals surface area contributed by atoms with Gasteiger partial charge in [-0.05, 0) is 5.92 Å². The summed E-state index contributed by atoms with van der Waals surface area (Å²) in [5.41, 5.74) is 11.1. The SMILES string of the molecule is CC(C)C(N)C(=O)OC[C@@H](O)COCn1cnc2c(=O)[nH]c(N)nc21. The second-order valence-electron chi connectivity index (χ2n) is 5.89. The van der Waals surface area contributed by atoms with Gasteiger partial charge in [0.2, 0.25) is 5.95 Å². The van der Waals surface area contributed by atoms with Gasteiger partial charge in [0.25, 0.3) is 5.56 Å². The molecule has 0 aliphatic rings. The quantitative estimate of drug-likeness (QED) is 0.414. The highest BCUT2D eigenvalue weighted by atomic mass is 16.6. The Morgan fingerprint density at radius 2 is 2.16 bits per heavy atom. The van der Waals surface area contributed by atoms with Crippen molar-refractivity contribution in [2.24, 2.45) is 11.7 Å². The van der Waals surface area contributed by atoms with Crippen molar-refractivity contribution in [1.29, 1.82) is 0 Å². The minimum Gasteiger partial charge on any atom is -0.462 e. The van der Waals surface area contributed by atoms with Crippen LogP contribution in [0.4, 0.5) is 5.95 Å². The molecule has 0 aliphatic heterocycles. The van der Waals surface area contributed by atoms with Gasteiger partial charge < -0.3 is 26.0 Å². The molecule has 2 atom stereocenters. The van der Waals surface area contributed by atoms with Crippen LogP contribution < -0.4 is 17.0 Å². The van der Waals surface area contributed by atoms with Crippen molar-refractivity contribution in [1.82, 2.24) is 19.5 Å². The van der Waals surface area contributed by atoms with E-state index in [0.29, 0.717) is 0 Å². The summed E-state index contributed by atoms with van der Waals surface area (Å²) in [7, 11) is 0. The monoisotopic (exact) mass is 354 g/mol. The molecule has 0 spiro atoms. The molecule has 0 bridgehead atoms. The highest BCUT2D eigenvalue weighted by molar-refractivity contribution is 5.75. The Kier molecular flexibility index (Phi) is 6.07. The third-order valence-corrected chi connectivity index (χ3v) is 3.44. The number of fused-ring (bicyclic) bond motifs is 1. The Bertz CT molecular complexity index is 786. The van der Waals surface area contributed by atoms with Crippen LogP contribution in [0.15, 0.2) is 11.1 Å². The summed E-state index contributed by atoms with van der Waals surface area (Å²) in [6, 6.07) is -0.736. The maximum Gasteiger partial charge on any atom is 0.323 e. The molecule has 1 unspecified atom stereocenters. The average Bonchev–Trinajstić information content (AvgIpc) is 2.95. The molecule has 2 aromatic heterocycles. The van der Waals surface area contributed by atoms with Gasteiger partial charge in [0.15, 0.2) is 11.2 Å². The van der Waals surface area contributed by atoms with Crippen molar-refractivity contribution in [2.45, 2.75) is 32.7 Å². The number of esters is 1. The van der Waals surface area contributed by atoms with Crippen LogP contribution in [0.2, 0.25) is 0 Å². The zero-order valence-electron chi connectivity index (χ0n) is 14.0. The number of hydrogen-bond acceptors (Lipinski definition) is 9. The molecule has 0 fully saturated rings. The number of H-pyrrole nitrogens is 1. The minimum absolute atomic E-state index is 0.0110. The second-order valence-corrected chi connectivity index (χ2v) is 5.89. The lowest BCUT2D eigenvalue weighted by Crippen LogP contribution is -2.38. The Balaban J connectivity index is 1.83. The van der Waals surface area contributed by atoms with Crippen molar-refractivity contribution in [3.05, 3.63) is 16.7 Å². The van der Waals surface area contributed by atoms with Gasteiger partial charge in [-0.2, -0.15) is 4.98 Å². The minimum atomic E-state index is -1.01. The predicted molar refractivity (Wildman–Crippen MR) is 88.3 cm³/mol. The summed E-state index contributed by atoms with van der Waals surface area (Å²) >= 11 is 0. The highest BCUT2D eigenvalue weighted by Gasteiger charge is 2.20. The van der Waals surface area contributed by atoms with Gasteiger partial charge in [0, 0.05) is 0 Å². The smallest absolute Gasteiger partial charge is 0.323 e. The van der Waals surface area contributed by atoms with Crippen molar-refractivity contribution in [3.63, 3.8) is 0 Å². The fourth-order valence-electron chi connectivity index (χ4n) is 1.95. The molecule has 2 heterocycles. The largest absolute Gasteiger partial charge is 0.462 e. The van der Waals surface area contributed by atoms with Crippen LogP contribution in [0, 0.1) is 5.92 Å². The molecule has 0 saturated carbocycles. The lowest BCUT2D eigenvalue weighted by Gasteiger charge is -2.16. The highest BCUT2D eigenvalue weighted by Crippen LogP contribution is 2.07. The molecule has 25 heavy (non-hydrogen) atoms. The van der Waals surface area contributed by atoms with Crippen LogP contribution in [0.3, 0.4) is 0 Å². The van der Waals surface area contributed by atoms with E-state index in [1.165, 1.54) is 10.9 Å². The number of ether oxygens (including phenoxy) is 2. The van der Waals surface area contributed by atoms with E-state index in [-0.39, 0.29) is 43.0 Å². The molecular weight excluding hydrogens is 332 g/mol. The van der Waals surface area contributed by atoms with E-state index in [9.17, 15) is 14.7 Å². The predicted octanol–water partition coefficient (Wildman–Crippen LogP) is -1.44. The number of rotatable bonds is 8. The molecule has 11 nitrogen and oxygen atoms in total. The third-order valence-electron chi connectivity index (χ3n) is 3.44. The number of anilines is 1. The van der Waals surface area contributed by atoms with Gasteiger partial charge in [-0.25, -0.2) is 4.98 Å². The van der Waals surface area contributed by atoms with E-state index in [4.69, 9.17) is 20.9 Å². The summed E-state index contributed by atoms with van der Waals surface area (Å²) in [4.78, 5) is 33.5. The zero-order chi connectivity index (χ0) is 18.6. The molecule has 6 N–H and O–H groups in total. The van der Waals surface area contributed by atoms with E-state index in [2.05, 4.69) is 15.0 Å².